The Hall–Kier alpha value is -1.65. The number of carbonyl (C=O) groups excluding carboxylic acids is 1. The number of piperidine rings is 1. The molecule has 3 heterocycles. The second kappa shape index (κ2) is 6.93. The molecular formula is C15H23N3O6S. The third-order valence-electron chi connectivity index (χ3n) is 4.49. The summed E-state index contributed by atoms with van der Waals surface area (Å²) in [5.74, 6) is 0.0705. The molecule has 1 amide bonds. The predicted octanol–water partition coefficient (Wildman–Crippen LogP) is 0.505. The van der Waals surface area contributed by atoms with Crippen LogP contribution < -0.4 is 4.31 Å². The molecule has 0 aliphatic carbocycles. The molecule has 0 aromatic carbocycles. The number of ether oxygens (including phenoxy) is 2. The van der Waals surface area contributed by atoms with Crippen molar-refractivity contribution in [3.63, 3.8) is 0 Å². The van der Waals surface area contributed by atoms with Crippen LogP contribution in [0.1, 0.15) is 25.0 Å². The summed E-state index contributed by atoms with van der Waals surface area (Å²) in [6.07, 6.45) is 2.43. The highest BCUT2D eigenvalue weighted by molar-refractivity contribution is 7.92. The minimum atomic E-state index is -3.55. The molecule has 0 atom stereocenters. The SMILES string of the molecule is Cc1cc(N(CCC(=O)N2CCC3(CC2)OCCO3)S(C)(=O)=O)no1. The van der Waals surface area contributed by atoms with Gasteiger partial charge in [0.2, 0.25) is 15.9 Å². The minimum Gasteiger partial charge on any atom is -0.360 e. The smallest absolute Gasteiger partial charge is 0.233 e. The van der Waals surface area contributed by atoms with E-state index < -0.39 is 15.8 Å². The molecule has 0 unspecified atom stereocenters. The van der Waals surface area contributed by atoms with Gasteiger partial charge in [-0.1, -0.05) is 5.16 Å². The normalized spacial score (nSPS) is 20.2. The number of nitrogens with zero attached hydrogens (tertiary/aromatic N) is 3. The summed E-state index contributed by atoms with van der Waals surface area (Å²) in [6.45, 7) is 3.97. The third kappa shape index (κ3) is 4.13. The Kier molecular flexibility index (Phi) is 5.03. The molecule has 2 aliphatic heterocycles. The van der Waals surface area contributed by atoms with Crippen molar-refractivity contribution in [2.45, 2.75) is 32.0 Å². The van der Waals surface area contributed by atoms with Crippen LogP contribution in [-0.4, -0.2) is 69.3 Å². The van der Waals surface area contributed by atoms with Crippen molar-refractivity contribution in [2.24, 2.45) is 0 Å². The number of sulfonamides is 1. The van der Waals surface area contributed by atoms with Crippen molar-refractivity contribution in [1.29, 1.82) is 0 Å². The fourth-order valence-corrected chi connectivity index (χ4v) is 4.01. The van der Waals surface area contributed by atoms with E-state index in [1.807, 2.05) is 0 Å². The fraction of sp³-hybridized carbons (Fsp3) is 0.733. The van der Waals surface area contributed by atoms with Gasteiger partial charge < -0.3 is 18.9 Å². The molecule has 0 bridgehead atoms. The van der Waals surface area contributed by atoms with Gasteiger partial charge in [-0.25, -0.2) is 8.42 Å². The Morgan fingerprint density at radius 1 is 1.32 bits per heavy atom. The molecule has 9 nitrogen and oxygen atoms in total. The molecule has 2 fully saturated rings. The lowest BCUT2D eigenvalue weighted by molar-refractivity contribution is -0.187. The lowest BCUT2D eigenvalue weighted by atomic mass is 10.0. The maximum absolute atomic E-state index is 12.4. The van der Waals surface area contributed by atoms with Crippen molar-refractivity contribution in [2.75, 3.05) is 43.4 Å². The highest BCUT2D eigenvalue weighted by Crippen LogP contribution is 2.31. The first-order valence-corrected chi connectivity index (χ1v) is 10.1. The molecule has 2 saturated heterocycles. The van der Waals surface area contributed by atoms with Crippen LogP contribution in [0, 0.1) is 6.92 Å². The van der Waals surface area contributed by atoms with Gasteiger partial charge in [-0.15, -0.1) is 0 Å². The zero-order valence-electron chi connectivity index (χ0n) is 14.4. The first-order valence-electron chi connectivity index (χ1n) is 8.26. The Morgan fingerprint density at radius 2 is 1.96 bits per heavy atom. The van der Waals surface area contributed by atoms with E-state index in [0.29, 0.717) is 44.9 Å². The van der Waals surface area contributed by atoms with E-state index in [2.05, 4.69) is 5.16 Å². The van der Waals surface area contributed by atoms with E-state index >= 15 is 0 Å². The number of anilines is 1. The summed E-state index contributed by atoms with van der Waals surface area (Å²) in [7, 11) is -3.55. The van der Waals surface area contributed by atoms with Crippen molar-refractivity contribution in [3.8, 4) is 0 Å². The van der Waals surface area contributed by atoms with Crippen molar-refractivity contribution in [3.05, 3.63) is 11.8 Å². The standard InChI is InChI=1S/C15H23N3O6S/c1-12-11-13(16-24-12)18(25(2,20)21)6-3-14(19)17-7-4-15(5-8-17)22-9-10-23-15/h11H,3-10H2,1-2H3. The molecule has 0 radical (unpaired) electrons. The van der Waals surface area contributed by atoms with Gasteiger partial charge in [0.05, 0.1) is 19.5 Å². The number of carbonyl (C=O) groups is 1. The van der Waals surface area contributed by atoms with Crippen LogP contribution in [0.2, 0.25) is 0 Å². The average molecular weight is 373 g/mol. The van der Waals surface area contributed by atoms with Crippen molar-refractivity contribution < 1.29 is 27.2 Å². The van der Waals surface area contributed by atoms with Crippen molar-refractivity contribution in [1.82, 2.24) is 10.1 Å². The van der Waals surface area contributed by atoms with Gasteiger partial charge in [-0.3, -0.25) is 9.10 Å². The monoisotopic (exact) mass is 373 g/mol. The van der Waals surface area contributed by atoms with Crippen LogP contribution in [0.15, 0.2) is 10.6 Å². The van der Waals surface area contributed by atoms with Gasteiger partial charge in [0.25, 0.3) is 0 Å². The first kappa shape index (κ1) is 18.2. The Morgan fingerprint density at radius 3 is 2.48 bits per heavy atom. The molecule has 3 rings (SSSR count). The van der Waals surface area contributed by atoms with Crippen molar-refractivity contribution >= 4 is 21.7 Å². The molecular weight excluding hydrogens is 350 g/mol. The zero-order valence-corrected chi connectivity index (χ0v) is 15.3. The maximum Gasteiger partial charge on any atom is 0.233 e. The topological polar surface area (TPSA) is 102 Å². The van der Waals surface area contributed by atoms with Gasteiger partial charge >= 0.3 is 0 Å². The highest BCUT2D eigenvalue weighted by Gasteiger charge is 2.40. The summed E-state index contributed by atoms with van der Waals surface area (Å²) in [4.78, 5) is 14.2. The molecule has 10 heteroatoms. The van der Waals surface area contributed by atoms with Gasteiger partial charge in [0.15, 0.2) is 11.6 Å². The lowest BCUT2D eigenvalue weighted by Gasteiger charge is -2.37. The zero-order chi connectivity index (χ0) is 18.1. The van der Waals surface area contributed by atoms with E-state index in [1.165, 1.54) is 6.07 Å². The number of aromatic nitrogens is 1. The lowest BCUT2D eigenvalue weighted by Crippen LogP contribution is -2.48. The quantitative estimate of drug-likeness (QED) is 0.741. The summed E-state index contributed by atoms with van der Waals surface area (Å²) in [6, 6.07) is 1.53. The number of hydrogen-bond donors (Lipinski definition) is 0. The number of likely N-dealkylation sites (tertiary alicyclic amines) is 1. The van der Waals surface area contributed by atoms with Crippen LogP contribution in [0.3, 0.4) is 0 Å². The van der Waals surface area contributed by atoms with E-state index in [0.717, 1.165) is 10.6 Å². The summed E-state index contributed by atoms with van der Waals surface area (Å²) in [5, 5.41) is 3.73. The molecule has 0 N–H and O–H groups in total. The first-order chi connectivity index (χ1) is 11.8. The van der Waals surface area contributed by atoms with E-state index in [1.54, 1.807) is 11.8 Å². The summed E-state index contributed by atoms with van der Waals surface area (Å²) < 4.78 is 41.3. The van der Waals surface area contributed by atoms with E-state index in [4.69, 9.17) is 14.0 Å². The summed E-state index contributed by atoms with van der Waals surface area (Å²) >= 11 is 0. The fourth-order valence-electron chi connectivity index (χ4n) is 3.16. The van der Waals surface area contributed by atoms with Gasteiger partial charge in [-0.05, 0) is 6.92 Å². The largest absolute Gasteiger partial charge is 0.360 e. The van der Waals surface area contributed by atoms with Crippen LogP contribution >= 0.6 is 0 Å². The van der Waals surface area contributed by atoms with E-state index in [-0.39, 0.29) is 24.7 Å². The Balaban J connectivity index is 1.57. The Bertz CT molecular complexity index is 715. The molecule has 1 aromatic heterocycles. The van der Waals surface area contributed by atoms with Crippen LogP contribution in [0.4, 0.5) is 5.82 Å². The molecule has 25 heavy (non-hydrogen) atoms. The second-order valence-corrected chi connectivity index (χ2v) is 8.28. The molecule has 140 valence electrons. The average Bonchev–Trinajstić information content (AvgIpc) is 3.17. The number of hydrogen-bond acceptors (Lipinski definition) is 7. The second-order valence-electron chi connectivity index (χ2n) is 6.37. The molecule has 1 spiro atoms. The Labute approximate surface area is 146 Å². The van der Waals surface area contributed by atoms with Gasteiger partial charge in [0.1, 0.15) is 5.76 Å². The maximum atomic E-state index is 12.4. The number of aryl methyl sites for hydroxylation is 1. The predicted molar refractivity (Wildman–Crippen MR) is 88.5 cm³/mol. The van der Waals surface area contributed by atoms with Gasteiger partial charge in [0, 0.05) is 45.0 Å². The minimum absolute atomic E-state index is 0.0261. The number of rotatable bonds is 5. The van der Waals surface area contributed by atoms with Crippen LogP contribution in [0.25, 0.3) is 0 Å². The van der Waals surface area contributed by atoms with E-state index in [9.17, 15) is 13.2 Å². The molecule has 2 aliphatic rings. The van der Waals surface area contributed by atoms with Crippen LogP contribution in [0.5, 0.6) is 0 Å². The molecule has 0 saturated carbocycles. The third-order valence-corrected chi connectivity index (χ3v) is 5.66. The number of amides is 1. The molecule has 1 aromatic rings. The van der Waals surface area contributed by atoms with Gasteiger partial charge in [-0.2, -0.15) is 0 Å². The summed E-state index contributed by atoms with van der Waals surface area (Å²) in [5.41, 5.74) is 0. The van der Waals surface area contributed by atoms with Crippen LogP contribution in [-0.2, 0) is 24.3 Å². The highest BCUT2D eigenvalue weighted by atomic mass is 32.2.